The van der Waals surface area contributed by atoms with Crippen LogP contribution in [-0.2, 0) is 9.59 Å². The van der Waals surface area contributed by atoms with Gasteiger partial charge < -0.3 is 15.7 Å². The fourth-order valence-electron chi connectivity index (χ4n) is 1.53. The van der Waals surface area contributed by atoms with E-state index in [0.717, 1.165) is 12.8 Å². The van der Waals surface area contributed by atoms with Crippen molar-refractivity contribution in [2.24, 2.45) is 11.7 Å². The lowest BCUT2D eigenvalue weighted by Crippen LogP contribution is -2.35. The van der Waals surface area contributed by atoms with E-state index in [0.29, 0.717) is 18.9 Å². The summed E-state index contributed by atoms with van der Waals surface area (Å²) in [5.74, 6) is -0.759. The van der Waals surface area contributed by atoms with Crippen LogP contribution in [0, 0.1) is 5.92 Å². The number of hydrogen-bond acceptors (Lipinski definition) is 3. The highest BCUT2D eigenvalue weighted by molar-refractivity contribution is 5.81. The number of nitrogens with zero attached hydrogens (tertiary/aromatic N) is 1. The first-order chi connectivity index (χ1) is 8.01. The van der Waals surface area contributed by atoms with E-state index in [1.54, 1.807) is 0 Å². The number of carboxylic acid groups (broad SMARTS) is 1. The van der Waals surface area contributed by atoms with Crippen molar-refractivity contribution in [1.82, 2.24) is 4.90 Å². The Balaban J connectivity index is 4.13. The zero-order valence-electron chi connectivity index (χ0n) is 10.4. The standard InChI is InChI=1S/C12H22N2O3/c1-3-8-14(9-12(16)17)11(15)5-4-10(2)6-7-13/h3,10H,1,4-9,13H2,2H3,(H,16,17). The van der Waals surface area contributed by atoms with Crippen LogP contribution in [0.4, 0.5) is 0 Å². The Hall–Kier alpha value is -1.36. The molecule has 3 N–H and O–H groups in total. The highest BCUT2D eigenvalue weighted by Crippen LogP contribution is 2.10. The predicted molar refractivity (Wildman–Crippen MR) is 66.5 cm³/mol. The van der Waals surface area contributed by atoms with Crippen molar-refractivity contribution in [2.45, 2.75) is 26.2 Å². The van der Waals surface area contributed by atoms with E-state index in [2.05, 4.69) is 6.58 Å². The zero-order valence-corrected chi connectivity index (χ0v) is 10.4. The van der Waals surface area contributed by atoms with Gasteiger partial charge in [0.15, 0.2) is 0 Å². The molecule has 5 heteroatoms. The van der Waals surface area contributed by atoms with Crippen molar-refractivity contribution < 1.29 is 14.7 Å². The first kappa shape index (κ1) is 15.6. The van der Waals surface area contributed by atoms with Crippen LogP contribution in [0.1, 0.15) is 26.2 Å². The number of carboxylic acids is 1. The molecule has 0 aliphatic carbocycles. The first-order valence-corrected chi connectivity index (χ1v) is 5.81. The molecular weight excluding hydrogens is 220 g/mol. The number of hydrogen-bond donors (Lipinski definition) is 2. The van der Waals surface area contributed by atoms with Gasteiger partial charge in [0.05, 0.1) is 0 Å². The molecule has 0 saturated heterocycles. The van der Waals surface area contributed by atoms with Crippen molar-refractivity contribution in [3.63, 3.8) is 0 Å². The van der Waals surface area contributed by atoms with Crippen molar-refractivity contribution in [1.29, 1.82) is 0 Å². The number of nitrogens with two attached hydrogens (primary N) is 1. The second-order valence-electron chi connectivity index (χ2n) is 4.18. The molecule has 98 valence electrons. The Morgan fingerprint density at radius 3 is 2.59 bits per heavy atom. The summed E-state index contributed by atoms with van der Waals surface area (Å²) in [5.41, 5.74) is 5.42. The van der Waals surface area contributed by atoms with Crippen LogP contribution < -0.4 is 5.73 Å². The van der Waals surface area contributed by atoms with Crippen LogP contribution in [0.5, 0.6) is 0 Å². The summed E-state index contributed by atoms with van der Waals surface area (Å²) in [5, 5.41) is 8.68. The molecule has 5 nitrogen and oxygen atoms in total. The van der Waals surface area contributed by atoms with Crippen molar-refractivity contribution in [2.75, 3.05) is 19.6 Å². The van der Waals surface area contributed by atoms with Gasteiger partial charge >= 0.3 is 5.97 Å². The fourth-order valence-corrected chi connectivity index (χ4v) is 1.53. The van der Waals surface area contributed by atoms with Gasteiger partial charge in [0.1, 0.15) is 6.54 Å². The molecule has 0 saturated carbocycles. The lowest BCUT2D eigenvalue weighted by Gasteiger charge is -2.19. The lowest BCUT2D eigenvalue weighted by atomic mass is 10.0. The van der Waals surface area contributed by atoms with Gasteiger partial charge in [-0.2, -0.15) is 0 Å². The topological polar surface area (TPSA) is 83.6 Å². The van der Waals surface area contributed by atoms with E-state index in [-0.39, 0.29) is 19.0 Å². The quantitative estimate of drug-likeness (QED) is 0.587. The minimum absolute atomic E-state index is 0.142. The molecule has 1 unspecified atom stereocenters. The molecule has 0 aromatic heterocycles. The molecule has 0 fully saturated rings. The maximum absolute atomic E-state index is 11.8. The highest BCUT2D eigenvalue weighted by Gasteiger charge is 2.15. The molecule has 0 bridgehead atoms. The van der Waals surface area contributed by atoms with Crippen molar-refractivity contribution >= 4 is 11.9 Å². The van der Waals surface area contributed by atoms with Gasteiger partial charge in [0.2, 0.25) is 5.91 Å². The number of amides is 1. The van der Waals surface area contributed by atoms with Crippen molar-refractivity contribution in [3.05, 3.63) is 12.7 Å². The van der Waals surface area contributed by atoms with Crippen LogP contribution in [-0.4, -0.2) is 41.5 Å². The Bertz CT molecular complexity index is 266. The average Bonchev–Trinajstić information content (AvgIpc) is 2.25. The van der Waals surface area contributed by atoms with Crippen LogP contribution in [0.2, 0.25) is 0 Å². The summed E-state index contributed by atoms with van der Waals surface area (Å²) < 4.78 is 0. The molecule has 0 heterocycles. The summed E-state index contributed by atoms with van der Waals surface area (Å²) >= 11 is 0. The fraction of sp³-hybridized carbons (Fsp3) is 0.667. The summed E-state index contributed by atoms with van der Waals surface area (Å²) in [6, 6.07) is 0. The van der Waals surface area contributed by atoms with Gasteiger partial charge in [0.25, 0.3) is 0 Å². The van der Waals surface area contributed by atoms with Gasteiger partial charge in [-0.25, -0.2) is 0 Å². The Kier molecular flexibility index (Phi) is 8.05. The molecule has 0 aromatic rings. The number of carbonyl (C=O) groups excluding carboxylic acids is 1. The Morgan fingerprint density at radius 2 is 2.12 bits per heavy atom. The second-order valence-corrected chi connectivity index (χ2v) is 4.18. The monoisotopic (exact) mass is 242 g/mol. The van der Waals surface area contributed by atoms with Gasteiger partial charge in [-0.05, 0) is 25.3 Å². The molecular formula is C12H22N2O3. The Labute approximate surface area is 102 Å². The average molecular weight is 242 g/mol. The maximum atomic E-state index is 11.8. The first-order valence-electron chi connectivity index (χ1n) is 5.81. The van der Waals surface area contributed by atoms with Crippen molar-refractivity contribution in [3.8, 4) is 0 Å². The largest absolute Gasteiger partial charge is 0.480 e. The summed E-state index contributed by atoms with van der Waals surface area (Å²) in [4.78, 5) is 23.6. The van der Waals surface area contributed by atoms with Crippen LogP contribution >= 0.6 is 0 Å². The Morgan fingerprint density at radius 1 is 1.47 bits per heavy atom. The van der Waals surface area contributed by atoms with E-state index in [9.17, 15) is 9.59 Å². The smallest absolute Gasteiger partial charge is 0.323 e. The minimum Gasteiger partial charge on any atom is -0.480 e. The molecule has 17 heavy (non-hydrogen) atoms. The van der Waals surface area contributed by atoms with Gasteiger partial charge in [0, 0.05) is 13.0 Å². The van der Waals surface area contributed by atoms with Gasteiger partial charge in [-0.1, -0.05) is 13.0 Å². The third-order valence-corrected chi connectivity index (χ3v) is 2.54. The summed E-state index contributed by atoms with van der Waals surface area (Å²) in [6.07, 6.45) is 3.52. The lowest BCUT2D eigenvalue weighted by molar-refractivity contribution is -0.144. The molecule has 0 aromatic carbocycles. The normalized spacial score (nSPS) is 11.9. The van der Waals surface area contributed by atoms with Crippen LogP contribution in [0.25, 0.3) is 0 Å². The van der Waals surface area contributed by atoms with Gasteiger partial charge in [-0.15, -0.1) is 6.58 Å². The van der Waals surface area contributed by atoms with Gasteiger partial charge in [-0.3, -0.25) is 9.59 Å². The zero-order chi connectivity index (χ0) is 13.3. The van der Waals surface area contributed by atoms with E-state index in [1.807, 2.05) is 6.92 Å². The third-order valence-electron chi connectivity index (χ3n) is 2.54. The van der Waals surface area contributed by atoms with Crippen LogP contribution in [0.15, 0.2) is 12.7 Å². The molecule has 0 aliphatic rings. The number of aliphatic carboxylic acids is 1. The SMILES string of the molecule is C=CCN(CC(=O)O)C(=O)CCC(C)CCN. The van der Waals surface area contributed by atoms with E-state index in [4.69, 9.17) is 10.8 Å². The summed E-state index contributed by atoms with van der Waals surface area (Å²) in [6.45, 7) is 6.17. The number of carbonyl (C=O) groups is 2. The molecule has 1 amide bonds. The highest BCUT2D eigenvalue weighted by atomic mass is 16.4. The minimum atomic E-state index is -1.00. The van der Waals surface area contributed by atoms with E-state index in [1.165, 1.54) is 11.0 Å². The molecule has 0 aliphatic heterocycles. The second kappa shape index (κ2) is 8.75. The van der Waals surface area contributed by atoms with E-state index >= 15 is 0 Å². The molecule has 0 rings (SSSR count). The van der Waals surface area contributed by atoms with E-state index < -0.39 is 5.97 Å². The third kappa shape index (κ3) is 7.52. The summed E-state index contributed by atoms with van der Waals surface area (Å²) in [7, 11) is 0. The van der Waals surface area contributed by atoms with Crippen LogP contribution in [0.3, 0.4) is 0 Å². The maximum Gasteiger partial charge on any atom is 0.323 e. The predicted octanol–water partition coefficient (Wildman–Crippen LogP) is 0.851. The molecule has 1 atom stereocenters. The molecule has 0 radical (unpaired) electrons. The molecule has 0 spiro atoms. The number of rotatable bonds is 9.